The van der Waals surface area contributed by atoms with Crippen LogP contribution in [0.1, 0.15) is 28.4 Å². The van der Waals surface area contributed by atoms with E-state index < -0.39 is 28.8 Å². The molecule has 0 saturated carbocycles. The van der Waals surface area contributed by atoms with Gasteiger partial charge in [-0.05, 0) is 6.92 Å². The molecule has 90 valence electrons. The molecule has 0 spiro atoms. The third-order valence-electron chi connectivity index (χ3n) is 1.85. The predicted octanol–water partition coefficient (Wildman–Crippen LogP) is 2.15. The highest BCUT2D eigenvalue weighted by Gasteiger charge is 2.37. The zero-order valence-corrected chi connectivity index (χ0v) is 8.71. The number of rotatable bonds is 2. The molecule has 1 aromatic heterocycles. The van der Waals surface area contributed by atoms with Crippen molar-refractivity contribution < 1.29 is 22.7 Å². The Morgan fingerprint density at radius 2 is 2.18 bits per heavy atom. The number of pyridine rings is 1. The highest BCUT2D eigenvalue weighted by molar-refractivity contribution is 5.93. The average molecular weight is 244 g/mol. The van der Waals surface area contributed by atoms with Crippen molar-refractivity contribution in [2.24, 2.45) is 0 Å². The minimum atomic E-state index is -4.76. The molecule has 17 heavy (non-hydrogen) atoms. The van der Waals surface area contributed by atoms with E-state index in [-0.39, 0.29) is 6.61 Å². The lowest BCUT2D eigenvalue weighted by atomic mass is 10.1. The summed E-state index contributed by atoms with van der Waals surface area (Å²) in [6, 6.07) is 1.48. The number of nitriles is 1. The molecule has 1 heterocycles. The number of carbonyl (C=O) groups is 1. The molecule has 0 aliphatic rings. The molecule has 0 bridgehead atoms. The molecule has 7 heteroatoms. The first-order valence-corrected chi connectivity index (χ1v) is 4.54. The molecule has 0 amide bonds. The Morgan fingerprint density at radius 1 is 1.53 bits per heavy atom. The first-order valence-electron chi connectivity index (χ1n) is 4.54. The maximum Gasteiger partial charge on any atom is 0.418 e. The van der Waals surface area contributed by atoms with E-state index in [0.29, 0.717) is 6.20 Å². The fourth-order valence-electron chi connectivity index (χ4n) is 1.18. The summed E-state index contributed by atoms with van der Waals surface area (Å²) >= 11 is 0. The zero-order chi connectivity index (χ0) is 13.1. The summed E-state index contributed by atoms with van der Waals surface area (Å²) < 4.78 is 42.3. The molecule has 1 aromatic rings. The maximum atomic E-state index is 12.6. The number of hydrogen-bond acceptors (Lipinski definition) is 4. The molecule has 0 aromatic carbocycles. The van der Waals surface area contributed by atoms with E-state index >= 15 is 0 Å². The van der Waals surface area contributed by atoms with Crippen molar-refractivity contribution >= 4 is 5.97 Å². The van der Waals surface area contributed by atoms with Crippen molar-refractivity contribution in [3.63, 3.8) is 0 Å². The Hall–Kier alpha value is -2.10. The van der Waals surface area contributed by atoms with Crippen molar-refractivity contribution in [2.45, 2.75) is 13.1 Å². The van der Waals surface area contributed by atoms with Crippen LogP contribution in [-0.2, 0) is 10.9 Å². The van der Waals surface area contributed by atoms with Gasteiger partial charge in [0.1, 0.15) is 6.07 Å². The molecule has 0 atom stereocenters. The van der Waals surface area contributed by atoms with Crippen LogP contribution in [0.2, 0.25) is 0 Å². The first kappa shape index (κ1) is 13.0. The Labute approximate surface area is 94.6 Å². The molecule has 0 radical (unpaired) electrons. The van der Waals surface area contributed by atoms with Gasteiger partial charge >= 0.3 is 12.1 Å². The van der Waals surface area contributed by atoms with E-state index in [1.54, 1.807) is 0 Å². The minimum absolute atomic E-state index is 0.0800. The van der Waals surface area contributed by atoms with Crippen molar-refractivity contribution in [3.05, 3.63) is 29.1 Å². The highest BCUT2D eigenvalue weighted by atomic mass is 19.4. The average Bonchev–Trinajstić information content (AvgIpc) is 2.27. The van der Waals surface area contributed by atoms with Gasteiger partial charge < -0.3 is 4.74 Å². The van der Waals surface area contributed by atoms with Gasteiger partial charge in [-0.25, -0.2) is 4.79 Å². The number of halogens is 3. The number of carbonyl (C=O) groups excluding carboxylic acids is 1. The second kappa shape index (κ2) is 4.82. The van der Waals surface area contributed by atoms with Crippen LogP contribution in [0.15, 0.2) is 12.4 Å². The van der Waals surface area contributed by atoms with Crippen LogP contribution >= 0.6 is 0 Å². The Balaban J connectivity index is 3.42. The van der Waals surface area contributed by atoms with Crippen LogP contribution in [0.3, 0.4) is 0 Å². The fourth-order valence-corrected chi connectivity index (χ4v) is 1.18. The minimum Gasteiger partial charge on any atom is -0.462 e. The quantitative estimate of drug-likeness (QED) is 0.748. The van der Waals surface area contributed by atoms with Gasteiger partial charge in [0.2, 0.25) is 0 Å². The molecule has 0 fully saturated rings. The van der Waals surface area contributed by atoms with Gasteiger partial charge in [0, 0.05) is 12.4 Å². The normalized spacial score (nSPS) is 10.8. The van der Waals surface area contributed by atoms with Gasteiger partial charge in [0.05, 0.1) is 23.3 Å². The summed E-state index contributed by atoms with van der Waals surface area (Å²) in [4.78, 5) is 14.7. The Bertz CT molecular complexity index is 477. The van der Waals surface area contributed by atoms with Gasteiger partial charge in [-0.2, -0.15) is 18.4 Å². The summed E-state index contributed by atoms with van der Waals surface area (Å²) in [6.45, 7) is 1.38. The monoisotopic (exact) mass is 244 g/mol. The maximum absolute atomic E-state index is 12.6. The van der Waals surface area contributed by atoms with Crippen LogP contribution in [0.25, 0.3) is 0 Å². The number of alkyl halides is 3. The molecular weight excluding hydrogens is 237 g/mol. The van der Waals surface area contributed by atoms with Crippen molar-refractivity contribution in [1.29, 1.82) is 5.26 Å². The second-order valence-electron chi connectivity index (χ2n) is 2.94. The lowest BCUT2D eigenvalue weighted by Crippen LogP contribution is -2.17. The lowest BCUT2D eigenvalue weighted by Gasteiger charge is -2.12. The van der Waals surface area contributed by atoms with E-state index in [1.807, 2.05) is 0 Å². The molecular formula is C10H7F3N2O2. The van der Waals surface area contributed by atoms with Gasteiger partial charge in [0.25, 0.3) is 0 Å². The third-order valence-corrected chi connectivity index (χ3v) is 1.85. The number of aromatic nitrogens is 1. The molecule has 1 rings (SSSR count). The molecule has 0 aliphatic carbocycles. The van der Waals surface area contributed by atoms with Crippen molar-refractivity contribution in [3.8, 4) is 6.07 Å². The molecule has 0 saturated heterocycles. The summed E-state index contributed by atoms with van der Waals surface area (Å²) in [6.07, 6.45) is -3.38. The van der Waals surface area contributed by atoms with Gasteiger partial charge in [-0.15, -0.1) is 0 Å². The molecule has 0 N–H and O–H groups in total. The van der Waals surface area contributed by atoms with E-state index in [2.05, 4.69) is 9.72 Å². The zero-order valence-electron chi connectivity index (χ0n) is 8.71. The topological polar surface area (TPSA) is 63.0 Å². The van der Waals surface area contributed by atoms with Crippen LogP contribution in [0.5, 0.6) is 0 Å². The van der Waals surface area contributed by atoms with Crippen molar-refractivity contribution in [2.75, 3.05) is 6.61 Å². The van der Waals surface area contributed by atoms with Crippen LogP contribution in [0, 0.1) is 11.3 Å². The largest absolute Gasteiger partial charge is 0.462 e. The van der Waals surface area contributed by atoms with Crippen molar-refractivity contribution in [1.82, 2.24) is 4.98 Å². The summed E-state index contributed by atoms with van der Waals surface area (Å²) in [5.41, 5.74) is -2.52. The van der Waals surface area contributed by atoms with Gasteiger partial charge in [-0.1, -0.05) is 0 Å². The van der Waals surface area contributed by atoms with E-state index in [4.69, 9.17) is 5.26 Å². The van der Waals surface area contributed by atoms with E-state index in [9.17, 15) is 18.0 Å². The van der Waals surface area contributed by atoms with Crippen LogP contribution < -0.4 is 0 Å². The van der Waals surface area contributed by atoms with Crippen LogP contribution in [0.4, 0.5) is 13.2 Å². The highest BCUT2D eigenvalue weighted by Crippen LogP contribution is 2.32. The molecule has 0 aliphatic heterocycles. The predicted molar refractivity (Wildman–Crippen MR) is 49.9 cm³/mol. The molecule has 4 nitrogen and oxygen atoms in total. The first-order chi connectivity index (χ1) is 7.91. The third kappa shape index (κ3) is 2.72. The lowest BCUT2D eigenvalue weighted by molar-refractivity contribution is -0.138. The summed E-state index contributed by atoms with van der Waals surface area (Å²) in [5.74, 6) is -1.18. The fraction of sp³-hybridized carbons (Fsp3) is 0.300. The SMILES string of the molecule is CCOC(=O)c1c(C#N)cncc1C(F)(F)F. The number of hydrogen-bond donors (Lipinski definition) is 0. The van der Waals surface area contributed by atoms with Gasteiger partial charge in [-0.3, -0.25) is 4.98 Å². The van der Waals surface area contributed by atoms with Gasteiger partial charge in [0.15, 0.2) is 0 Å². The standard InChI is InChI=1S/C10H7F3N2O2/c1-2-17-9(16)8-6(3-14)4-15-5-7(8)10(11,12)13/h4-5H,2H2,1H3. The second-order valence-corrected chi connectivity index (χ2v) is 2.94. The summed E-state index contributed by atoms with van der Waals surface area (Å²) in [7, 11) is 0. The van der Waals surface area contributed by atoms with E-state index in [1.165, 1.54) is 13.0 Å². The summed E-state index contributed by atoms with van der Waals surface area (Å²) in [5, 5.41) is 8.66. The number of ether oxygens (including phenoxy) is 1. The Kier molecular flexibility index (Phi) is 3.68. The van der Waals surface area contributed by atoms with E-state index in [0.717, 1.165) is 6.20 Å². The smallest absolute Gasteiger partial charge is 0.418 e. The Morgan fingerprint density at radius 3 is 2.65 bits per heavy atom. The van der Waals surface area contributed by atoms with Crippen LogP contribution in [-0.4, -0.2) is 17.6 Å². The number of esters is 1. The molecule has 0 unspecified atom stereocenters. The number of nitrogens with zero attached hydrogens (tertiary/aromatic N) is 2.